The zero-order chi connectivity index (χ0) is 15.4. The standard InChI is InChI=1S/C19H17NO2/c1-14(21)20-17-11-9-15(10-12-17)13-22-19-8-4-6-16-5-2-3-7-18(16)19/h2-12H,13H2,1H3,(H,20,21). The van der Waals surface area contributed by atoms with E-state index < -0.39 is 0 Å². The average Bonchev–Trinajstić information content (AvgIpc) is 2.54. The molecule has 0 saturated carbocycles. The van der Waals surface area contributed by atoms with Gasteiger partial charge in [0.1, 0.15) is 12.4 Å². The highest BCUT2D eigenvalue weighted by atomic mass is 16.5. The number of benzene rings is 3. The van der Waals surface area contributed by atoms with E-state index in [-0.39, 0.29) is 5.91 Å². The molecule has 0 aliphatic carbocycles. The normalized spacial score (nSPS) is 10.4. The predicted molar refractivity (Wildman–Crippen MR) is 89.0 cm³/mol. The van der Waals surface area contributed by atoms with Crippen LogP contribution < -0.4 is 10.1 Å². The molecule has 3 aromatic rings. The van der Waals surface area contributed by atoms with Crippen molar-refractivity contribution < 1.29 is 9.53 Å². The van der Waals surface area contributed by atoms with Crippen LogP contribution in [-0.4, -0.2) is 5.91 Å². The lowest BCUT2D eigenvalue weighted by Gasteiger charge is -2.10. The van der Waals surface area contributed by atoms with Crippen molar-refractivity contribution in [2.75, 3.05) is 5.32 Å². The molecule has 0 bridgehead atoms. The fraction of sp³-hybridized carbons (Fsp3) is 0.105. The highest BCUT2D eigenvalue weighted by Gasteiger charge is 2.02. The molecule has 0 radical (unpaired) electrons. The average molecular weight is 291 g/mol. The fourth-order valence-electron chi connectivity index (χ4n) is 2.37. The van der Waals surface area contributed by atoms with Crippen molar-refractivity contribution in [1.29, 1.82) is 0 Å². The quantitative estimate of drug-likeness (QED) is 0.774. The highest BCUT2D eigenvalue weighted by Crippen LogP contribution is 2.26. The number of anilines is 1. The Kier molecular flexibility index (Phi) is 4.05. The number of carbonyl (C=O) groups is 1. The molecule has 3 rings (SSSR count). The van der Waals surface area contributed by atoms with Crippen molar-refractivity contribution in [2.24, 2.45) is 0 Å². The summed E-state index contributed by atoms with van der Waals surface area (Å²) in [6, 6.07) is 21.9. The molecule has 0 saturated heterocycles. The van der Waals surface area contributed by atoms with Gasteiger partial charge < -0.3 is 10.1 Å². The molecule has 1 amide bonds. The Morgan fingerprint density at radius 2 is 1.68 bits per heavy atom. The number of fused-ring (bicyclic) bond motifs is 1. The smallest absolute Gasteiger partial charge is 0.221 e. The van der Waals surface area contributed by atoms with Crippen LogP contribution in [0, 0.1) is 0 Å². The lowest BCUT2D eigenvalue weighted by molar-refractivity contribution is -0.114. The number of rotatable bonds is 4. The molecule has 0 aromatic heterocycles. The molecule has 3 nitrogen and oxygen atoms in total. The van der Waals surface area contributed by atoms with E-state index >= 15 is 0 Å². The maximum Gasteiger partial charge on any atom is 0.221 e. The summed E-state index contributed by atoms with van der Waals surface area (Å²) in [5.74, 6) is 0.809. The van der Waals surface area contributed by atoms with Gasteiger partial charge >= 0.3 is 0 Å². The van der Waals surface area contributed by atoms with Crippen molar-refractivity contribution in [3.63, 3.8) is 0 Å². The van der Waals surface area contributed by atoms with Crippen LogP contribution in [0.1, 0.15) is 12.5 Å². The molecule has 3 heteroatoms. The van der Waals surface area contributed by atoms with Crippen LogP contribution in [-0.2, 0) is 11.4 Å². The highest BCUT2D eigenvalue weighted by molar-refractivity contribution is 5.89. The Balaban J connectivity index is 1.72. The molecule has 0 atom stereocenters. The van der Waals surface area contributed by atoms with Gasteiger partial charge in [-0.1, -0.05) is 48.5 Å². The third-order valence-electron chi connectivity index (χ3n) is 3.42. The number of amides is 1. The molecule has 0 aliphatic rings. The van der Waals surface area contributed by atoms with Crippen LogP contribution in [0.4, 0.5) is 5.69 Å². The van der Waals surface area contributed by atoms with E-state index in [9.17, 15) is 4.79 Å². The van der Waals surface area contributed by atoms with Crippen LogP contribution in [0.25, 0.3) is 10.8 Å². The lowest BCUT2D eigenvalue weighted by Crippen LogP contribution is -2.05. The maximum absolute atomic E-state index is 11.0. The molecule has 0 heterocycles. The first-order valence-corrected chi connectivity index (χ1v) is 7.19. The summed E-state index contributed by atoms with van der Waals surface area (Å²) in [5.41, 5.74) is 1.85. The summed E-state index contributed by atoms with van der Waals surface area (Å²) < 4.78 is 5.94. The van der Waals surface area contributed by atoms with Crippen LogP contribution in [0.2, 0.25) is 0 Å². The molecular formula is C19H17NO2. The third kappa shape index (κ3) is 3.26. The molecule has 0 aliphatic heterocycles. The van der Waals surface area contributed by atoms with Gasteiger partial charge in [-0.3, -0.25) is 4.79 Å². The van der Waals surface area contributed by atoms with Crippen LogP contribution >= 0.6 is 0 Å². The van der Waals surface area contributed by atoms with Gasteiger partial charge in [0, 0.05) is 18.0 Å². The number of hydrogen-bond donors (Lipinski definition) is 1. The molecule has 0 fully saturated rings. The number of carbonyl (C=O) groups excluding carboxylic acids is 1. The maximum atomic E-state index is 11.0. The molecule has 0 spiro atoms. The number of ether oxygens (including phenoxy) is 1. The Morgan fingerprint density at radius 1 is 0.955 bits per heavy atom. The lowest BCUT2D eigenvalue weighted by atomic mass is 10.1. The first-order chi connectivity index (χ1) is 10.7. The second kappa shape index (κ2) is 6.31. The Hall–Kier alpha value is -2.81. The zero-order valence-corrected chi connectivity index (χ0v) is 12.4. The van der Waals surface area contributed by atoms with Crippen molar-refractivity contribution in [3.05, 3.63) is 72.3 Å². The summed E-state index contributed by atoms with van der Waals surface area (Å²) in [4.78, 5) is 11.0. The van der Waals surface area contributed by atoms with Crippen molar-refractivity contribution in [1.82, 2.24) is 0 Å². The zero-order valence-electron chi connectivity index (χ0n) is 12.4. The molecule has 110 valence electrons. The van der Waals surface area contributed by atoms with Gasteiger partial charge in [-0.25, -0.2) is 0 Å². The van der Waals surface area contributed by atoms with Gasteiger partial charge in [-0.15, -0.1) is 0 Å². The first kappa shape index (κ1) is 14.1. The second-order valence-corrected chi connectivity index (χ2v) is 5.14. The van der Waals surface area contributed by atoms with E-state index in [2.05, 4.69) is 23.5 Å². The Labute approximate surface area is 129 Å². The van der Waals surface area contributed by atoms with Crippen molar-refractivity contribution >= 4 is 22.4 Å². The third-order valence-corrected chi connectivity index (χ3v) is 3.42. The van der Waals surface area contributed by atoms with Gasteiger partial charge in [-0.2, -0.15) is 0 Å². The van der Waals surface area contributed by atoms with Gasteiger partial charge in [0.2, 0.25) is 5.91 Å². The van der Waals surface area contributed by atoms with Crippen LogP contribution in [0.15, 0.2) is 66.7 Å². The Bertz CT molecular complexity index is 789. The van der Waals surface area contributed by atoms with Gasteiger partial charge in [0.25, 0.3) is 0 Å². The largest absolute Gasteiger partial charge is 0.488 e. The number of hydrogen-bond acceptors (Lipinski definition) is 2. The van der Waals surface area contributed by atoms with Gasteiger partial charge in [0.15, 0.2) is 0 Å². The summed E-state index contributed by atoms with van der Waals surface area (Å²) >= 11 is 0. The molecule has 22 heavy (non-hydrogen) atoms. The van der Waals surface area contributed by atoms with Crippen molar-refractivity contribution in [3.8, 4) is 5.75 Å². The summed E-state index contributed by atoms with van der Waals surface area (Å²) in [7, 11) is 0. The van der Waals surface area contributed by atoms with Crippen LogP contribution in [0.5, 0.6) is 5.75 Å². The van der Waals surface area contributed by atoms with E-state index in [0.717, 1.165) is 22.4 Å². The molecule has 0 unspecified atom stereocenters. The molecular weight excluding hydrogens is 274 g/mol. The second-order valence-electron chi connectivity index (χ2n) is 5.14. The summed E-state index contributed by atoms with van der Waals surface area (Å²) in [6.45, 7) is 1.99. The molecule has 3 aromatic carbocycles. The minimum Gasteiger partial charge on any atom is -0.488 e. The van der Waals surface area contributed by atoms with E-state index in [1.54, 1.807) is 0 Å². The Morgan fingerprint density at radius 3 is 2.45 bits per heavy atom. The number of nitrogens with one attached hydrogen (secondary N) is 1. The van der Waals surface area contributed by atoms with E-state index in [1.165, 1.54) is 12.3 Å². The first-order valence-electron chi connectivity index (χ1n) is 7.19. The summed E-state index contributed by atoms with van der Waals surface area (Å²) in [5, 5.41) is 5.03. The predicted octanol–water partition coefficient (Wildman–Crippen LogP) is 4.38. The van der Waals surface area contributed by atoms with Gasteiger partial charge in [0.05, 0.1) is 0 Å². The topological polar surface area (TPSA) is 38.3 Å². The van der Waals surface area contributed by atoms with Crippen LogP contribution in [0.3, 0.4) is 0 Å². The van der Waals surface area contributed by atoms with E-state index in [1.807, 2.05) is 48.5 Å². The van der Waals surface area contributed by atoms with Gasteiger partial charge in [-0.05, 0) is 29.1 Å². The monoisotopic (exact) mass is 291 g/mol. The fourth-order valence-corrected chi connectivity index (χ4v) is 2.37. The van der Waals surface area contributed by atoms with E-state index in [0.29, 0.717) is 6.61 Å². The minimum absolute atomic E-state index is 0.0697. The summed E-state index contributed by atoms with van der Waals surface area (Å²) in [6.07, 6.45) is 0. The van der Waals surface area contributed by atoms with Crippen molar-refractivity contribution in [2.45, 2.75) is 13.5 Å². The van der Waals surface area contributed by atoms with E-state index in [4.69, 9.17) is 4.74 Å². The molecule has 1 N–H and O–H groups in total. The minimum atomic E-state index is -0.0697. The SMILES string of the molecule is CC(=O)Nc1ccc(COc2cccc3ccccc23)cc1.